The van der Waals surface area contributed by atoms with Crippen molar-refractivity contribution in [1.29, 1.82) is 0 Å². The van der Waals surface area contributed by atoms with Gasteiger partial charge < -0.3 is 14.5 Å². The van der Waals surface area contributed by atoms with Crippen LogP contribution in [0.15, 0.2) is 89.3 Å². The SMILES string of the molecule is Cc1cc(C)n(-c2oc(-c3ccccc3)nc2C(=O)Nc2ccc(Oc3ccc(Cl)cc3)cc2)n1. The summed E-state index contributed by atoms with van der Waals surface area (Å²) in [5.41, 5.74) is 3.12. The van der Waals surface area contributed by atoms with E-state index in [0.717, 1.165) is 17.0 Å². The molecule has 2 aromatic heterocycles. The molecular formula is C27H21ClN4O3. The fraction of sp³-hybridized carbons (Fsp3) is 0.0741. The van der Waals surface area contributed by atoms with Crippen molar-refractivity contribution in [3.05, 3.63) is 107 Å². The molecule has 0 unspecified atom stereocenters. The minimum absolute atomic E-state index is 0.136. The molecule has 1 amide bonds. The van der Waals surface area contributed by atoms with Crippen LogP contribution in [0, 0.1) is 13.8 Å². The van der Waals surface area contributed by atoms with Crippen LogP contribution in [0.1, 0.15) is 21.9 Å². The van der Waals surface area contributed by atoms with E-state index >= 15 is 0 Å². The second-order valence-electron chi connectivity index (χ2n) is 7.91. The molecule has 0 aliphatic rings. The number of carbonyl (C=O) groups is 1. The lowest BCUT2D eigenvalue weighted by atomic mass is 10.2. The van der Waals surface area contributed by atoms with Crippen LogP contribution in [0.5, 0.6) is 11.5 Å². The average molecular weight is 485 g/mol. The van der Waals surface area contributed by atoms with Gasteiger partial charge in [0.1, 0.15) is 11.5 Å². The fourth-order valence-corrected chi connectivity index (χ4v) is 3.70. The van der Waals surface area contributed by atoms with Crippen LogP contribution in [0.25, 0.3) is 17.3 Å². The van der Waals surface area contributed by atoms with Gasteiger partial charge in [-0.1, -0.05) is 29.8 Å². The molecule has 0 saturated heterocycles. The zero-order valence-corrected chi connectivity index (χ0v) is 19.8. The zero-order valence-electron chi connectivity index (χ0n) is 19.0. The van der Waals surface area contributed by atoms with Crippen molar-refractivity contribution in [1.82, 2.24) is 14.8 Å². The van der Waals surface area contributed by atoms with Crippen LogP contribution in [-0.2, 0) is 0 Å². The quantitative estimate of drug-likeness (QED) is 0.285. The van der Waals surface area contributed by atoms with Crippen LogP contribution < -0.4 is 10.1 Å². The third kappa shape index (κ3) is 4.95. The van der Waals surface area contributed by atoms with Crippen molar-refractivity contribution < 1.29 is 13.9 Å². The lowest BCUT2D eigenvalue weighted by Crippen LogP contribution is -2.15. The number of ether oxygens (including phenoxy) is 1. The van der Waals surface area contributed by atoms with E-state index < -0.39 is 5.91 Å². The molecule has 7 nitrogen and oxygen atoms in total. The minimum Gasteiger partial charge on any atom is -0.457 e. The number of rotatable bonds is 6. The molecule has 0 bridgehead atoms. The summed E-state index contributed by atoms with van der Waals surface area (Å²) in [7, 11) is 0. The maximum atomic E-state index is 13.3. The molecule has 3 aromatic carbocycles. The van der Waals surface area contributed by atoms with E-state index in [1.807, 2.05) is 50.2 Å². The standard InChI is InChI=1S/C27H21ClN4O3/c1-17-16-18(2)32(31-17)27-24(30-26(35-27)19-6-4-3-5-7-19)25(33)29-21-10-14-23(15-11-21)34-22-12-8-20(28)9-13-22/h3-16H,1-2H3,(H,29,33). The molecule has 0 aliphatic heterocycles. The van der Waals surface area contributed by atoms with Gasteiger partial charge in [0.25, 0.3) is 11.8 Å². The zero-order chi connectivity index (χ0) is 24.4. The van der Waals surface area contributed by atoms with Crippen molar-refractivity contribution in [2.45, 2.75) is 13.8 Å². The number of benzene rings is 3. The van der Waals surface area contributed by atoms with E-state index in [4.69, 9.17) is 20.8 Å². The number of halogens is 1. The third-order valence-electron chi connectivity index (χ3n) is 5.21. The Kier molecular flexibility index (Phi) is 6.08. The van der Waals surface area contributed by atoms with Gasteiger partial charge in [-0.25, -0.2) is 9.67 Å². The first-order valence-electron chi connectivity index (χ1n) is 10.9. The molecule has 0 saturated carbocycles. The molecule has 35 heavy (non-hydrogen) atoms. The predicted molar refractivity (Wildman–Crippen MR) is 134 cm³/mol. The number of carbonyl (C=O) groups excluding carboxylic acids is 1. The molecule has 8 heteroatoms. The van der Waals surface area contributed by atoms with Gasteiger partial charge in [0.15, 0.2) is 5.69 Å². The molecule has 0 atom stereocenters. The highest BCUT2D eigenvalue weighted by atomic mass is 35.5. The van der Waals surface area contributed by atoms with Gasteiger partial charge in [-0.05, 0) is 80.6 Å². The van der Waals surface area contributed by atoms with Gasteiger partial charge in [0.2, 0.25) is 5.89 Å². The number of aryl methyl sites for hydroxylation is 2. The Labute approximate surface area is 207 Å². The van der Waals surface area contributed by atoms with Crippen LogP contribution in [0.4, 0.5) is 5.69 Å². The highest BCUT2D eigenvalue weighted by molar-refractivity contribution is 6.30. The first-order valence-corrected chi connectivity index (χ1v) is 11.3. The van der Waals surface area contributed by atoms with Gasteiger partial charge in [0, 0.05) is 22.0 Å². The first kappa shape index (κ1) is 22.4. The molecule has 0 aliphatic carbocycles. The second kappa shape index (κ2) is 9.48. The van der Waals surface area contributed by atoms with Crippen LogP contribution in [-0.4, -0.2) is 20.7 Å². The summed E-state index contributed by atoms with van der Waals surface area (Å²) in [6.07, 6.45) is 0. The normalized spacial score (nSPS) is 10.8. The van der Waals surface area contributed by atoms with Gasteiger partial charge in [-0.15, -0.1) is 0 Å². The fourth-order valence-electron chi connectivity index (χ4n) is 3.58. The topological polar surface area (TPSA) is 82.2 Å². The number of nitrogens with one attached hydrogen (secondary N) is 1. The Morgan fingerprint density at radius 1 is 0.943 bits per heavy atom. The summed E-state index contributed by atoms with van der Waals surface area (Å²) in [5, 5.41) is 7.99. The van der Waals surface area contributed by atoms with E-state index in [2.05, 4.69) is 15.4 Å². The molecule has 1 N–H and O–H groups in total. The third-order valence-corrected chi connectivity index (χ3v) is 5.46. The number of hydrogen-bond donors (Lipinski definition) is 1. The van der Waals surface area contributed by atoms with Gasteiger partial charge in [-0.3, -0.25) is 4.79 Å². The number of nitrogens with zero attached hydrogens (tertiary/aromatic N) is 3. The molecule has 174 valence electrons. The van der Waals surface area contributed by atoms with Crippen LogP contribution >= 0.6 is 11.6 Å². The molecule has 0 spiro atoms. The predicted octanol–water partition coefficient (Wildman–Crippen LogP) is 6.84. The molecule has 0 fully saturated rings. The summed E-state index contributed by atoms with van der Waals surface area (Å²) in [6, 6.07) is 25.5. The van der Waals surface area contributed by atoms with E-state index in [1.54, 1.807) is 53.2 Å². The van der Waals surface area contributed by atoms with Crippen molar-refractivity contribution in [2.75, 3.05) is 5.32 Å². The monoisotopic (exact) mass is 484 g/mol. The highest BCUT2D eigenvalue weighted by Gasteiger charge is 2.24. The summed E-state index contributed by atoms with van der Waals surface area (Å²) >= 11 is 5.92. The smallest absolute Gasteiger partial charge is 0.280 e. The van der Waals surface area contributed by atoms with E-state index in [9.17, 15) is 4.79 Å². The maximum absolute atomic E-state index is 13.3. The number of amides is 1. The largest absolute Gasteiger partial charge is 0.457 e. The highest BCUT2D eigenvalue weighted by Crippen LogP contribution is 2.28. The first-order chi connectivity index (χ1) is 17.0. The van der Waals surface area contributed by atoms with E-state index in [1.165, 1.54) is 0 Å². The lowest BCUT2D eigenvalue weighted by Gasteiger charge is -2.08. The molecule has 5 rings (SSSR count). The Morgan fingerprint density at radius 3 is 2.23 bits per heavy atom. The number of aromatic nitrogens is 3. The Balaban J connectivity index is 1.41. The van der Waals surface area contributed by atoms with Crippen molar-refractivity contribution in [3.8, 4) is 28.8 Å². The maximum Gasteiger partial charge on any atom is 0.280 e. The Bertz CT molecular complexity index is 1470. The summed E-state index contributed by atoms with van der Waals surface area (Å²) < 4.78 is 13.4. The van der Waals surface area contributed by atoms with Crippen molar-refractivity contribution in [3.63, 3.8) is 0 Å². The number of oxazole rings is 1. The number of anilines is 1. The Morgan fingerprint density at radius 2 is 1.60 bits per heavy atom. The van der Waals surface area contributed by atoms with Gasteiger partial charge >= 0.3 is 0 Å². The Hall–Kier alpha value is -4.36. The molecule has 0 radical (unpaired) electrons. The molecule has 5 aromatic rings. The second-order valence-corrected chi connectivity index (χ2v) is 8.35. The van der Waals surface area contributed by atoms with Crippen molar-refractivity contribution in [2.24, 2.45) is 0 Å². The molecule has 2 heterocycles. The van der Waals surface area contributed by atoms with Crippen LogP contribution in [0.2, 0.25) is 5.02 Å². The van der Waals surface area contributed by atoms with Crippen LogP contribution in [0.3, 0.4) is 0 Å². The number of hydrogen-bond acceptors (Lipinski definition) is 5. The van der Waals surface area contributed by atoms with E-state index in [-0.39, 0.29) is 11.6 Å². The minimum atomic E-state index is -0.412. The van der Waals surface area contributed by atoms with Gasteiger partial charge in [-0.2, -0.15) is 5.10 Å². The summed E-state index contributed by atoms with van der Waals surface area (Å²) in [4.78, 5) is 17.8. The summed E-state index contributed by atoms with van der Waals surface area (Å²) in [6.45, 7) is 3.77. The van der Waals surface area contributed by atoms with Gasteiger partial charge in [0.05, 0.1) is 5.69 Å². The molecular weight excluding hydrogens is 464 g/mol. The van der Waals surface area contributed by atoms with Crippen molar-refractivity contribution >= 4 is 23.2 Å². The summed E-state index contributed by atoms with van der Waals surface area (Å²) in [5.74, 6) is 1.47. The average Bonchev–Trinajstić information content (AvgIpc) is 3.45. The van der Waals surface area contributed by atoms with E-state index in [0.29, 0.717) is 28.1 Å². The lowest BCUT2D eigenvalue weighted by molar-refractivity contribution is 0.102.